The van der Waals surface area contributed by atoms with Crippen molar-refractivity contribution in [2.45, 2.75) is 4.90 Å². The SMILES string of the molecule is O=C(CN(c1ccc(F)cc1)S(=O)(=O)c1ccc2c(c1)OCCO2)N/N=C\c1ccc([N+](=O)[O-])cc1. The van der Waals surface area contributed by atoms with Crippen LogP contribution in [0.5, 0.6) is 11.5 Å². The average Bonchev–Trinajstić information content (AvgIpc) is 2.88. The zero-order valence-electron chi connectivity index (χ0n) is 18.5. The molecular weight excluding hydrogens is 495 g/mol. The number of hydrazone groups is 1. The molecule has 0 saturated carbocycles. The molecule has 1 N–H and O–H groups in total. The lowest BCUT2D eigenvalue weighted by atomic mass is 10.2. The summed E-state index contributed by atoms with van der Waals surface area (Å²) >= 11 is 0. The number of nitro groups is 1. The lowest BCUT2D eigenvalue weighted by molar-refractivity contribution is -0.384. The summed E-state index contributed by atoms with van der Waals surface area (Å²) in [6, 6.07) is 14.1. The molecular formula is C23H19FN4O7S. The summed E-state index contributed by atoms with van der Waals surface area (Å²) in [6.45, 7) is -0.0747. The number of carbonyl (C=O) groups is 1. The molecule has 13 heteroatoms. The first-order valence-corrected chi connectivity index (χ1v) is 11.9. The fourth-order valence-electron chi connectivity index (χ4n) is 3.26. The highest BCUT2D eigenvalue weighted by molar-refractivity contribution is 7.92. The minimum Gasteiger partial charge on any atom is -0.486 e. The van der Waals surface area contributed by atoms with Gasteiger partial charge in [-0.2, -0.15) is 5.10 Å². The van der Waals surface area contributed by atoms with E-state index in [1.165, 1.54) is 60.8 Å². The summed E-state index contributed by atoms with van der Waals surface area (Å²) in [5, 5.41) is 14.5. The molecule has 0 aromatic heterocycles. The highest BCUT2D eigenvalue weighted by atomic mass is 32.2. The van der Waals surface area contributed by atoms with Gasteiger partial charge >= 0.3 is 0 Å². The fraction of sp³-hybridized carbons (Fsp3) is 0.130. The Hall–Kier alpha value is -4.52. The molecule has 0 unspecified atom stereocenters. The molecule has 3 aromatic rings. The zero-order valence-corrected chi connectivity index (χ0v) is 19.4. The van der Waals surface area contributed by atoms with Gasteiger partial charge in [0.15, 0.2) is 11.5 Å². The first kappa shape index (κ1) is 24.6. The number of hydrogen-bond donors (Lipinski definition) is 1. The maximum absolute atomic E-state index is 13.5. The van der Waals surface area contributed by atoms with E-state index in [1.807, 2.05) is 0 Å². The quantitative estimate of drug-likeness (QED) is 0.277. The minimum atomic E-state index is -4.29. The number of amides is 1. The van der Waals surface area contributed by atoms with Gasteiger partial charge in [-0.1, -0.05) is 0 Å². The maximum atomic E-state index is 13.5. The third-order valence-corrected chi connectivity index (χ3v) is 6.78. The van der Waals surface area contributed by atoms with Crippen LogP contribution in [0.15, 0.2) is 76.7 Å². The molecule has 11 nitrogen and oxygen atoms in total. The van der Waals surface area contributed by atoms with Crippen LogP contribution < -0.4 is 19.2 Å². The van der Waals surface area contributed by atoms with E-state index in [0.29, 0.717) is 17.9 Å². The van der Waals surface area contributed by atoms with E-state index in [1.54, 1.807) is 0 Å². The second-order valence-electron chi connectivity index (χ2n) is 7.44. The normalized spacial score (nSPS) is 12.8. The molecule has 1 aliphatic heterocycles. The zero-order chi connectivity index (χ0) is 25.7. The van der Waals surface area contributed by atoms with E-state index < -0.39 is 33.2 Å². The van der Waals surface area contributed by atoms with E-state index in [4.69, 9.17) is 9.47 Å². The molecule has 186 valence electrons. The van der Waals surface area contributed by atoms with Gasteiger partial charge in [0.2, 0.25) is 0 Å². The number of benzene rings is 3. The molecule has 4 rings (SSSR count). The van der Waals surface area contributed by atoms with Gasteiger partial charge in [-0.05, 0) is 54.1 Å². The van der Waals surface area contributed by atoms with Crippen LogP contribution in [0.2, 0.25) is 0 Å². The third kappa shape index (κ3) is 5.58. The van der Waals surface area contributed by atoms with E-state index in [-0.39, 0.29) is 28.6 Å². The van der Waals surface area contributed by atoms with Crippen molar-refractivity contribution >= 4 is 33.5 Å². The van der Waals surface area contributed by atoms with Crippen LogP contribution in [-0.2, 0) is 14.8 Å². The van der Waals surface area contributed by atoms with E-state index in [2.05, 4.69) is 10.5 Å². The molecule has 0 aliphatic carbocycles. The second-order valence-corrected chi connectivity index (χ2v) is 9.30. The molecule has 3 aromatic carbocycles. The van der Waals surface area contributed by atoms with Crippen LogP contribution in [-0.4, -0.2) is 45.2 Å². The Kier molecular flexibility index (Phi) is 7.10. The van der Waals surface area contributed by atoms with Crippen LogP contribution >= 0.6 is 0 Å². The van der Waals surface area contributed by atoms with Crippen molar-refractivity contribution in [1.82, 2.24) is 5.43 Å². The second kappa shape index (κ2) is 10.4. The van der Waals surface area contributed by atoms with Crippen molar-refractivity contribution in [3.8, 4) is 11.5 Å². The molecule has 1 heterocycles. The van der Waals surface area contributed by atoms with Crippen molar-refractivity contribution in [2.75, 3.05) is 24.1 Å². The van der Waals surface area contributed by atoms with Gasteiger partial charge in [-0.25, -0.2) is 18.2 Å². The van der Waals surface area contributed by atoms with Crippen molar-refractivity contribution in [3.63, 3.8) is 0 Å². The van der Waals surface area contributed by atoms with Crippen LogP contribution in [0.3, 0.4) is 0 Å². The highest BCUT2D eigenvalue weighted by Gasteiger charge is 2.29. The number of nitro benzene ring substituents is 1. The molecule has 0 bridgehead atoms. The van der Waals surface area contributed by atoms with Crippen LogP contribution in [0.4, 0.5) is 15.8 Å². The van der Waals surface area contributed by atoms with Gasteiger partial charge in [0.1, 0.15) is 25.6 Å². The van der Waals surface area contributed by atoms with Crippen molar-refractivity contribution in [1.29, 1.82) is 0 Å². The lowest BCUT2D eigenvalue weighted by Crippen LogP contribution is -2.39. The maximum Gasteiger partial charge on any atom is 0.269 e. The predicted molar refractivity (Wildman–Crippen MR) is 127 cm³/mol. The van der Waals surface area contributed by atoms with Gasteiger partial charge < -0.3 is 9.47 Å². The third-order valence-electron chi connectivity index (χ3n) is 5.01. The molecule has 0 saturated heterocycles. The van der Waals surface area contributed by atoms with E-state index in [9.17, 15) is 27.7 Å². The molecule has 0 spiro atoms. The lowest BCUT2D eigenvalue weighted by Gasteiger charge is -2.25. The minimum absolute atomic E-state index is 0.0563. The molecule has 0 fully saturated rings. The monoisotopic (exact) mass is 514 g/mol. The summed E-state index contributed by atoms with van der Waals surface area (Å²) in [5.74, 6) is -0.712. The number of nitrogens with zero attached hydrogens (tertiary/aromatic N) is 3. The Labute approximate surface area is 205 Å². The van der Waals surface area contributed by atoms with Gasteiger partial charge in [0, 0.05) is 18.2 Å². The number of rotatable bonds is 8. The molecule has 36 heavy (non-hydrogen) atoms. The first-order chi connectivity index (χ1) is 17.2. The predicted octanol–water partition coefficient (Wildman–Crippen LogP) is 2.85. The number of ether oxygens (including phenoxy) is 2. The number of nitrogens with one attached hydrogen (secondary N) is 1. The van der Waals surface area contributed by atoms with Crippen LogP contribution in [0, 0.1) is 15.9 Å². The number of halogens is 1. The fourth-order valence-corrected chi connectivity index (χ4v) is 4.70. The van der Waals surface area contributed by atoms with Gasteiger partial charge in [-0.15, -0.1) is 0 Å². The van der Waals surface area contributed by atoms with Crippen molar-refractivity contribution in [2.24, 2.45) is 5.10 Å². The molecule has 0 atom stereocenters. The highest BCUT2D eigenvalue weighted by Crippen LogP contribution is 2.34. The number of anilines is 1. The van der Waals surface area contributed by atoms with Crippen LogP contribution in [0.25, 0.3) is 0 Å². The largest absolute Gasteiger partial charge is 0.486 e. The van der Waals surface area contributed by atoms with Crippen LogP contribution in [0.1, 0.15) is 5.56 Å². The summed E-state index contributed by atoms with van der Waals surface area (Å²) in [4.78, 5) is 22.6. The smallest absolute Gasteiger partial charge is 0.269 e. The van der Waals surface area contributed by atoms with E-state index in [0.717, 1.165) is 16.4 Å². The van der Waals surface area contributed by atoms with E-state index >= 15 is 0 Å². The number of non-ortho nitro benzene ring substituents is 1. The van der Waals surface area contributed by atoms with Crippen molar-refractivity contribution in [3.05, 3.63) is 88.2 Å². The number of fused-ring (bicyclic) bond motifs is 1. The summed E-state index contributed by atoms with van der Waals surface area (Å²) in [7, 11) is -4.29. The summed E-state index contributed by atoms with van der Waals surface area (Å²) < 4.78 is 52.2. The number of hydrogen-bond acceptors (Lipinski definition) is 8. The van der Waals surface area contributed by atoms with Gasteiger partial charge in [0.25, 0.3) is 21.6 Å². The van der Waals surface area contributed by atoms with Gasteiger partial charge in [-0.3, -0.25) is 19.2 Å². The van der Waals surface area contributed by atoms with Gasteiger partial charge in [0.05, 0.1) is 21.7 Å². The number of sulfonamides is 1. The Balaban J connectivity index is 1.55. The summed E-state index contributed by atoms with van der Waals surface area (Å²) in [6.07, 6.45) is 1.25. The Morgan fingerprint density at radius 1 is 1.06 bits per heavy atom. The standard InChI is InChI=1S/C23H19FN4O7S/c24-17-3-7-18(8-4-17)27(36(32,33)20-9-10-21-22(13-20)35-12-11-34-21)15-23(29)26-25-14-16-1-5-19(6-2-16)28(30)31/h1-10,13-14H,11-12,15H2,(H,26,29)/b25-14-. The molecule has 1 aliphatic rings. The topological polar surface area (TPSA) is 140 Å². The Morgan fingerprint density at radius 2 is 1.72 bits per heavy atom. The molecule has 1 amide bonds. The Morgan fingerprint density at radius 3 is 2.39 bits per heavy atom. The van der Waals surface area contributed by atoms with Crippen molar-refractivity contribution < 1.29 is 32.0 Å². The molecule has 0 radical (unpaired) electrons. The average molecular weight is 514 g/mol. The Bertz CT molecular complexity index is 1410. The first-order valence-electron chi connectivity index (χ1n) is 10.5. The summed E-state index contributed by atoms with van der Waals surface area (Å²) in [5.41, 5.74) is 2.65. The number of carbonyl (C=O) groups excluding carboxylic acids is 1.